The molecule has 0 N–H and O–H groups in total. The lowest BCUT2D eigenvalue weighted by atomic mass is 9.96. The van der Waals surface area contributed by atoms with Crippen molar-refractivity contribution in [1.29, 1.82) is 0 Å². The molecule has 23 heavy (non-hydrogen) atoms. The Morgan fingerprint density at radius 2 is 1.96 bits per heavy atom. The van der Waals surface area contributed by atoms with Crippen LogP contribution >= 0.6 is 15.9 Å². The van der Waals surface area contributed by atoms with Crippen LogP contribution in [0.25, 0.3) is 0 Å². The smallest absolute Gasteiger partial charge is 0.188 e. The molecule has 0 saturated heterocycles. The lowest BCUT2D eigenvalue weighted by molar-refractivity contribution is -0.118. The number of allylic oxidation sites excluding steroid dienone is 2. The second kappa shape index (κ2) is 9.57. The topological polar surface area (TPSA) is 54.0 Å². The van der Waals surface area contributed by atoms with Gasteiger partial charge in [-0.25, -0.2) is 0 Å². The van der Waals surface area contributed by atoms with E-state index in [1.54, 1.807) is 14.2 Å². The van der Waals surface area contributed by atoms with Crippen LogP contribution < -0.4 is 0 Å². The van der Waals surface area contributed by atoms with Crippen LogP contribution in [-0.2, 0) is 23.7 Å². The van der Waals surface area contributed by atoms with E-state index in [2.05, 4.69) is 15.9 Å². The maximum atomic E-state index is 12.6. The van der Waals surface area contributed by atoms with Crippen LogP contribution in [0.3, 0.4) is 0 Å². The summed E-state index contributed by atoms with van der Waals surface area (Å²) >= 11 is 3.44. The van der Waals surface area contributed by atoms with Crippen LogP contribution in [0.5, 0.6) is 0 Å². The Morgan fingerprint density at radius 1 is 1.17 bits per heavy atom. The first-order valence-corrected chi connectivity index (χ1v) is 9.09. The van der Waals surface area contributed by atoms with E-state index in [0.29, 0.717) is 12.2 Å². The Kier molecular flexibility index (Phi) is 7.76. The van der Waals surface area contributed by atoms with Crippen LogP contribution in [0.2, 0.25) is 0 Å². The van der Waals surface area contributed by atoms with Gasteiger partial charge in [-0.05, 0) is 25.3 Å². The zero-order valence-electron chi connectivity index (χ0n) is 13.8. The number of carbonyl (C=O) groups excluding carboxylic acids is 1. The maximum Gasteiger partial charge on any atom is 0.188 e. The molecular formula is C17H25BrO5. The van der Waals surface area contributed by atoms with Crippen molar-refractivity contribution in [1.82, 2.24) is 0 Å². The fourth-order valence-corrected chi connectivity index (χ4v) is 3.49. The zero-order chi connectivity index (χ0) is 16.7. The van der Waals surface area contributed by atoms with E-state index in [4.69, 9.17) is 18.9 Å². The maximum absolute atomic E-state index is 12.6. The average molecular weight is 389 g/mol. The fraction of sp³-hybridized carbons (Fsp3) is 0.706. The van der Waals surface area contributed by atoms with E-state index < -0.39 is 0 Å². The molecule has 0 spiro atoms. The Morgan fingerprint density at radius 3 is 2.65 bits per heavy atom. The molecule has 2 unspecified atom stereocenters. The second-order valence-corrected chi connectivity index (χ2v) is 6.62. The van der Waals surface area contributed by atoms with Crippen LogP contribution in [0.1, 0.15) is 32.1 Å². The number of rotatable bonds is 10. The molecule has 2 aliphatic rings. The number of hydrogen-bond donors (Lipinski definition) is 0. The normalized spacial score (nSPS) is 24.0. The third-order valence-electron chi connectivity index (χ3n) is 4.21. The minimum absolute atomic E-state index is 0.111. The van der Waals surface area contributed by atoms with E-state index in [1.165, 1.54) is 5.57 Å². The number of Topliss-reactive ketones (excluding diaryl/α,β-unsaturated/α-hetero) is 1. The third-order valence-corrected chi connectivity index (χ3v) is 4.77. The van der Waals surface area contributed by atoms with Gasteiger partial charge in [0.05, 0.1) is 0 Å². The van der Waals surface area contributed by atoms with Crippen LogP contribution in [0.4, 0.5) is 0 Å². The van der Waals surface area contributed by atoms with Crippen molar-refractivity contribution in [3.05, 3.63) is 23.0 Å². The summed E-state index contributed by atoms with van der Waals surface area (Å²) in [6.45, 7) is 0.341. The molecular weight excluding hydrogens is 364 g/mol. The van der Waals surface area contributed by atoms with Crippen molar-refractivity contribution in [3.8, 4) is 0 Å². The minimum Gasteiger partial charge on any atom is -0.469 e. The zero-order valence-corrected chi connectivity index (χ0v) is 15.4. The highest BCUT2D eigenvalue weighted by molar-refractivity contribution is 9.09. The van der Waals surface area contributed by atoms with Gasteiger partial charge in [-0.15, -0.1) is 0 Å². The summed E-state index contributed by atoms with van der Waals surface area (Å²) in [6.07, 6.45) is 6.28. The second-order valence-electron chi connectivity index (χ2n) is 5.83. The molecule has 0 aromatic heterocycles. The first kappa shape index (κ1) is 18.6. The molecule has 0 fully saturated rings. The quantitative estimate of drug-likeness (QED) is 0.326. The van der Waals surface area contributed by atoms with E-state index in [-0.39, 0.29) is 31.4 Å². The Labute approximate surface area is 146 Å². The standard InChI is InChI=1S/C17H25BrO5/c1-20-10-22-15-8-13-7-12(5-3-4-6-18)17(19)14(13)9-16(15)23-11-21-2/h9,12,15H,3-8,10-11H2,1-2H3. The van der Waals surface area contributed by atoms with Crippen molar-refractivity contribution >= 4 is 21.7 Å². The lowest BCUT2D eigenvalue weighted by Crippen LogP contribution is -2.23. The summed E-state index contributed by atoms with van der Waals surface area (Å²) in [5.41, 5.74) is 2.00. The molecule has 5 nitrogen and oxygen atoms in total. The molecule has 0 radical (unpaired) electrons. The number of ketones is 1. The Balaban J connectivity index is 2.04. The molecule has 0 aliphatic heterocycles. The predicted octanol–water partition coefficient (Wildman–Crippen LogP) is 3.33. The number of methoxy groups -OCH3 is 2. The van der Waals surface area contributed by atoms with Crippen molar-refractivity contribution in [2.24, 2.45) is 5.92 Å². The predicted molar refractivity (Wildman–Crippen MR) is 90.2 cm³/mol. The molecule has 0 saturated carbocycles. The Bertz CT molecular complexity index is 472. The Hall–Kier alpha value is -0.690. The molecule has 2 rings (SSSR count). The number of alkyl halides is 1. The van der Waals surface area contributed by atoms with Crippen LogP contribution in [-0.4, -0.2) is 45.0 Å². The first-order valence-electron chi connectivity index (χ1n) is 7.97. The molecule has 0 aromatic carbocycles. The van der Waals surface area contributed by atoms with Crippen molar-refractivity contribution in [3.63, 3.8) is 0 Å². The van der Waals surface area contributed by atoms with Crippen LogP contribution in [0.15, 0.2) is 23.0 Å². The van der Waals surface area contributed by atoms with Gasteiger partial charge in [-0.2, -0.15) is 0 Å². The van der Waals surface area contributed by atoms with E-state index in [0.717, 1.165) is 36.6 Å². The highest BCUT2D eigenvalue weighted by Crippen LogP contribution is 2.40. The van der Waals surface area contributed by atoms with Crippen molar-refractivity contribution < 1.29 is 23.7 Å². The van der Waals surface area contributed by atoms with E-state index >= 15 is 0 Å². The fourth-order valence-electron chi connectivity index (χ4n) is 3.09. The van der Waals surface area contributed by atoms with Gasteiger partial charge in [0.1, 0.15) is 18.7 Å². The number of halogens is 1. The van der Waals surface area contributed by atoms with Gasteiger partial charge in [0.25, 0.3) is 0 Å². The van der Waals surface area contributed by atoms with Crippen LogP contribution in [0, 0.1) is 5.92 Å². The number of carbonyl (C=O) groups is 1. The van der Waals surface area contributed by atoms with E-state index in [9.17, 15) is 4.79 Å². The summed E-state index contributed by atoms with van der Waals surface area (Å²) in [7, 11) is 3.16. The first-order chi connectivity index (χ1) is 11.2. The highest BCUT2D eigenvalue weighted by atomic mass is 79.9. The molecule has 2 atom stereocenters. The molecule has 0 aromatic rings. The van der Waals surface area contributed by atoms with Gasteiger partial charge in [0.15, 0.2) is 12.6 Å². The van der Waals surface area contributed by atoms with Gasteiger partial charge in [-0.1, -0.05) is 27.9 Å². The molecule has 0 bridgehead atoms. The number of hydrogen-bond acceptors (Lipinski definition) is 5. The summed E-state index contributed by atoms with van der Waals surface area (Å²) in [6, 6.07) is 0. The summed E-state index contributed by atoms with van der Waals surface area (Å²) in [5.74, 6) is 1.01. The van der Waals surface area contributed by atoms with Crippen molar-refractivity contribution in [2.75, 3.05) is 33.1 Å². The van der Waals surface area contributed by atoms with Crippen molar-refractivity contribution in [2.45, 2.75) is 38.2 Å². The molecule has 6 heteroatoms. The van der Waals surface area contributed by atoms with E-state index in [1.807, 2.05) is 6.08 Å². The monoisotopic (exact) mass is 388 g/mol. The summed E-state index contributed by atoms with van der Waals surface area (Å²) in [5, 5.41) is 0.989. The lowest BCUT2D eigenvalue weighted by Gasteiger charge is -2.25. The van der Waals surface area contributed by atoms with Gasteiger partial charge in [0.2, 0.25) is 0 Å². The molecule has 0 heterocycles. The van der Waals surface area contributed by atoms with Gasteiger partial charge in [0, 0.05) is 37.5 Å². The SMILES string of the molecule is COCOC1=CC2=C(CC(CCCCBr)C2=O)CC1OCOC. The summed E-state index contributed by atoms with van der Waals surface area (Å²) < 4.78 is 21.3. The minimum atomic E-state index is -0.210. The van der Waals surface area contributed by atoms with Gasteiger partial charge < -0.3 is 18.9 Å². The largest absolute Gasteiger partial charge is 0.469 e. The van der Waals surface area contributed by atoms with Gasteiger partial charge >= 0.3 is 0 Å². The number of unbranched alkanes of at least 4 members (excludes halogenated alkanes) is 1. The summed E-state index contributed by atoms with van der Waals surface area (Å²) in [4.78, 5) is 12.6. The average Bonchev–Trinajstić information content (AvgIpc) is 2.86. The number of ether oxygens (including phenoxy) is 4. The third kappa shape index (κ3) is 4.89. The van der Waals surface area contributed by atoms with Gasteiger partial charge in [-0.3, -0.25) is 4.79 Å². The molecule has 130 valence electrons. The molecule has 0 amide bonds. The highest BCUT2D eigenvalue weighted by Gasteiger charge is 2.37. The molecule has 2 aliphatic carbocycles.